The second-order valence-corrected chi connectivity index (χ2v) is 8.58. The van der Waals surface area contributed by atoms with Crippen LogP contribution in [-0.4, -0.2) is 38.1 Å². The molecule has 1 heterocycles. The first-order valence-electron chi connectivity index (χ1n) is 9.39. The van der Waals surface area contributed by atoms with Gasteiger partial charge in [0.15, 0.2) is 6.29 Å². The molecule has 2 aromatic carbocycles. The number of carbonyl (C=O) groups excluding carboxylic acids is 1. The summed E-state index contributed by atoms with van der Waals surface area (Å²) in [4.78, 5) is 24.4. The number of rotatable bonds is 6. The van der Waals surface area contributed by atoms with Gasteiger partial charge in [0.05, 0.1) is 15.5 Å². The fourth-order valence-electron chi connectivity index (χ4n) is 3.34. The van der Waals surface area contributed by atoms with Gasteiger partial charge in [-0.25, -0.2) is 0 Å². The number of nitrogens with zero attached hydrogens (tertiary/aromatic N) is 1. The minimum Gasteiger partial charge on any atom is -0.481 e. The van der Waals surface area contributed by atoms with Crippen LogP contribution in [0.25, 0.3) is 10.9 Å². The number of carbonyl (C=O) groups is 2. The van der Waals surface area contributed by atoms with Crippen LogP contribution in [-0.2, 0) is 17.3 Å². The van der Waals surface area contributed by atoms with E-state index in [1.54, 1.807) is 67.9 Å². The van der Waals surface area contributed by atoms with Crippen LogP contribution in [0.4, 0.5) is 0 Å². The van der Waals surface area contributed by atoms with E-state index in [9.17, 15) is 24.9 Å². The zero-order valence-electron chi connectivity index (χ0n) is 17.1. The highest BCUT2D eigenvalue weighted by Crippen LogP contribution is 2.33. The van der Waals surface area contributed by atoms with Crippen LogP contribution < -0.4 is 5.32 Å². The maximum atomic E-state index is 12.9. The zero-order valence-corrected chi connectivity index (χ0v) is 18.6. The number of aromatic nitrogens is 1. The molecule has 0 unspecified atom stereocenters. The highest BCUT2D eigenvalue weighted by atomic mass is 35.5. The van der Waals surface area contributed by atoms with Crippen molar-refractivity contribution in [1.29, 1.82) is 0 Å². The van der Waals surface area contributed by atoms with Gasteiger partial charge in [-0.1, -0.05) is 47.5 Å². The van der Waals surface area contributed by atoms with Crippen LogP contribution in [0.5, 0.6) is 0 Å². The molecule has 0 aliphatic rings. The van der Waals surface area contributed by atoms with Gasteiger partial charge in [0.25, 0.3) is 5.91 Å². The number of halogens is 2. The second-order valence-electron chi connectivity index (χ2n) is 7.80. The van der Waals surface area contributed by atoms with Gasteiger partial charge in [-0.2, -0.15) is 0 Å². The van der Waals surface area contributed by atoms with Crippen molar-refractivity contribution in [2.24, 2.45) is 7.05 Å². The van der Waals surface area contributed by atoms with E-state index >= 15 is 0 Å². The number of aryl methyl sites for hydroxylation is 1. The number of aliphatic hydroxyl groups excluding tert-OH is 1. The number of carboxylic acid groups (broad SMARTS) is 1. The molecular formula is C22H22Cl2N2O5. The lowest BCUT2D eigenvalue weighted by atomic mass is 9.84. The fourth-order valence-corrected chi connectivity index (χ4v) is 3.72. The standard InChI is InChI=1S/C22H22Cl2N2O5/c1-22(2,21(30)31)12-6-4-11(5-7-12)18(20(28)29)25-19(27)16-10-13-15(26(16)3)9-8-14(23)17(13)24/h4-10,18,20,28-29H,1-3H3,(H,25,27)(H,30,31)/t18-/m0/s1. The van der Waals surface area contributed by atoms with E-state index in [1.165, 1.54) is 0 Å². The lowest BCUT2D eigenvalue weighted by Gasteiger charge is -2.23. The Hall–Kier alpha value is -2.58. The Morgan fingerprint density at radius 3 is 2.23 bits per heavy atom. The number of hydrogen-bond acceptors (Lipinski definition) is 4. The normalized spacial score (nSPS) is 12.9. The van der Waals surface area contributed by atoms with Crippen molar-refractivity contribution in [2.75, 3.05) is 0 Å². The minimum atomic E-state index is -1.88. The highest BCUT2D eigenvalue weighted by molar-refractivity contribution is 6.45. The highest BCUT2D eigenvalue weighted by Gasteiger charge is 2.30. The van der Waals surface area contributed by atoms with Crippen molar-refractivity contribution in [1.82, 2.24) is 9.88 Å². The molecule has 1 amide bonds. The first-order valence-corrected chi connectivity index (χ1v) is 10.1. The molecule has 7 nitrogen and oxygen atoms in total. The number of benzene rings is 2. The van der Waals surface area contributed by atoms with Gasteiger partial charge in [-0.05, 0) is 43.2 Å². The molecule has 0 fully saturated rings. The van der Waals surface area contributed by atoms with Gasteiger partial charge in [-0.15, -0.1) is 0 Å². The molecule has 1 aromatic heterocycles. The van der Waals surface area contributed by atoms with Crippen LogP contribution in [0.1, 0.15) is 41.5 Å². The summed E-state index contributed by atoms with van der Waals surface area (Å²) in [5, 5.41) is 33.0. The van der Waals surface area contributed by atoms with Crippen molar-refractivity contribution in [3.05, 3.63) is 69.3 Å². The van der Waals surface area contributed by atoms with Crippen molar-refractivity contribution in [3.63, 3.8) is 0 Å². The van der Waals surface area contributed by atoms with E-state index in [0.717, 1.165) is 0 Å². The summed E-state index contributed by atoms with van der Waals surface area (Å²) in [7, 11) is 1.69. The van der Waals surface area contributed by atoms with Crippen LogP contribution in [0.2, 0.25) is 10.0 Å². The molecule has 0 spiro atoms. The molecule has 9 heteroatoms. The van der Waals surface area contributed by atoms with Crippen molar-refractivity contribution in [2.45, 2.75) is 31.6 Å². The Bertz CT molecular complexity index is 1150. The molecule has 3 aromatic rings. The molecule has 0 aliphatic carbocycles. The molecule has 0 radical (unpaired) electrons. The summed E-state index contributed by atoms with van der Waals surface area (Å²) in [6.45, 7) is 3.14. The van der Waals surface area contributed by atoms with Crippen LogP contribution in [0, 0.1) is 0 Å². The van der Waals surface area contributed by atoms with Crippen molar-refractivity contribution < 1.29 is 24.9 Å². The Morgan fingerprint density at radius 1 is 1.06 bits per heavy atom. The third-order valence-corrected chi connectivity index (χ3v) is 6.28. The largest absolute Gasteiger partial charge is 0.481 e. The summed E-state index contributed by atoms with van der Waals surface area (Å²) in [6, 6.07) is 10.1. The SMILES string of the molecule is Cn1c(C(=O)N[C@@H](c2ccc(C(C)(C)C(=O)O)cc2)C(O)O)cc2c(Cl)c(Cl)ccc21. The predicted molar refractivity (Wildman–Crippen MR) is 118 cm³/mol. The maximum absolute atomic E-state index is 12.9. The molecule has 164 valence electrons. The van der Waals surface area contributed by atoms with Gasteiger partial charge < -0.3 is 25.2 Å². The number of aliphatic carboxylic acids is 1. The Kier molecular flexibility index (Phi) is 6.34. The summed E-state index contributed by atoms with van der Waals surface area (Å²) in [5.41, 5.74) is 0.794. The smallest absolute Gasteiger partial charge is 0.313 e. The minimum absolute atomic E-state index is 0.258. The first-order chi connectivity index (χ1) is 14.4. The number of fused-ring (bicyclic) bond motifs is 1. The molecule has 0 bridgehead atoms. The summed E-state index contributed by atoms with van der Waals surface area (Å²) in [5.74, 6) is -1.53. The van der Waals surface area contributed by atoms with Gasteiger partial charge in [-0.3, -0.25) is 9.59 Å². The lowest BCUT2D eigenvalue weighted by molar-refractivity contribution is -0.142. The number of hydrogen-bond donors (Lipinski definition) is 4. The summed E-state index contributed by atoms with van der Waals surface area (Å²) >= 11 is 12.3. The third-order valence-electron chi connectivity index (χ3n) is 5.46. The first kappa shape index (κ1) is 23.1. The van der Waals surface area contributed by atoms with Gasteiger partial charge in [0, 0.05) is 18.0 Å². The van der Waals surface area contributed by atoms with E-state index in [-0.39, 0.29) is 5.69 Å². The van der Waals surface area contributed by atoms with Crippen molar-refractivity contribution >= 4 is 46.0 Å². The topological polar surface area (TPSA) is 112 Å². The van der Waals surface area contributed by atoms with E-state index in [2.05, 4.69) is 5.32 Å². The molecule has 4 N–H and O–H groups in total. The Morgan fingerprint density at radius 2 is 1.68 bits per heavy atom. The number of amides is 1. The summed E-state index contributed by atoms with van der Waals surface area (Å²) < 4.78 is 1.63. The maximum Gasteiger partial charge on any atom is 0.313 e. The van der Waals surface area contributed by atoms with Crippen molar-refractivity contribution in [3.8, 4) is 0 Å². The molecular weight excluding hydrogens is 443 g/mol. The fraction of sp³-hybridized carbons (Fsp3) is 0.273. The lowest BCUT2D eigenvalue weighted by Crippen LogP contribution is -2.37. The van der Waals surface area contributed by atoms with E-state index in [0.29, 0.717) is 32.1 Å². The van der Waals surface area contributed by atoms with E-state index in [1.807, 2.05) is 0 Å². The quantitative estimate of drug-likeness (QED) is 0.416. The monoisotopic (exact) mass is 464 g/mol. The average molecular weight is 465 g/mol. The zero-order chi connectivity index (χ0) is 23.1. The Balaban J connectivity index is 1.91. The molecule has 0 saturated carbocycles. The molecule has 0 saturated heterocycles. The molecule has 0 aliphatic heterocycles. The number of carboxylic acids is 1. The van der Waals surface area contributed by atoms with Gasteiger partial charge >= 0.3 is 5.97 Å². The molecule has 3 rings (SSSR count). The van der Waals surface area contributed by atoms with E-state index in [4.69, 9.17) is 23.2 Å². The Labute approximate surface area is 188 Å². The average Bonchev–Trinajstić information content (AvgIpc) is 3.06. The molecule has 31 heavy (non-hydrogen) atoms. The van der Waals surface area contributed by atoms with Crippen LogP contribution >= 0.6 is 23.2 Å². The number of aliphatic hydroxyl groups is 2. The van der Waals surface area contributed by atoms with Gasteiger partial charge in [0.2, 0.25) is 0 Å². The van der Waals surface area contributed by atoms with Crippen LogP contribution in [0.15, 0.2) is 42.5 Å². The predicted octanol–water partition coefficient (Wildman–Crippen LogP) is 3.63. The molecule has 1 atom stereocenters. The summed E-state index contributed by atoms with van der Waals surface area (Å²) in [6.07, 6.45) is -1.88. The van der Waals surface area contributed by atoms with E-state index < -0.39 is 29.6 Å². The third kappa shape index (κ3) is 4.27. The number of nitrogens with one attached hydrogen (secondary N) is 1. The van der Waals surface area contributed by atoms with Crippen LogP contribution in [0.3, 0.4) is 0 Å². The van der Waals surface area contributed by atoms with Gasteiger partial charge in [0.1, 0.15) is 11.7 Å². The second kappa shape index (κ2) is 8.51.